The number of halogens is 1. The van der Waals surface area contributed by atoms with E-state index in [2.05, 4.69) is 15.3 Å². The summed E-state index contributed by atoms with van der Waals surface area (Å²) in [5.74, 6) is -0.442. The Labute approximate surface area is 138 Å². The highest BCUT2D eigenvalue weighted by Gasteiger charge is 2.07. The number of amides is 1. The smallest absolute Gasteiger partial charge is 0.262 e. The first-order valence-corrected chi connectivity index (χ1v) is 7.44. The van der Waals surface area contributed by atoms with Gasteiger partial charge in [0, 0.05) is 11.8 Å². The van der Waals surface area contributed by atoms with Gasteiger partial charge in [-0.2, -0.15) is 0 Å². The molecular weight excluding hydrogens is 309 g/mol. The van der Waals surface area contributed by atoms with E-state index in [4.69, 9.17) is 4.74 Å². The molecule has 0 aliphatic rings. The van der Waals surface area contributed by atoms with Crippen molar-refractivity contribution in [2.24, 2.45) is 0 Å². The number of carbonyl (C=O) groups is 1. The number of rotatable bonds is 4. The molecule has 0 saturated carbocycles. The van der Waals surface area contributed by atoms with Crippen molar-refractivity contribution in [3.8, 4) is 5.75 Å². The van der Waals surface area contributed by atoms with E-state index in [1.54, 1.807) is 24.3 Å². The Hall–Kier alpha value is -3.02. The van der Waals surface area contributed by atoms with Crippen LogP contribution in [-0.2, 0) is 4.79 Å². The van der Waals surface area contributed by atoms with Crippen LogP contribution in [0.2, 0.25) is 0 Å². The molecule has 0 atom stereocenters. The lowest BCUT2D eigenvalue weighted by atomic mass is 10.2. The van der Waals surface area contributed by atoms with E-state index in [1.165, 1.54) is 18.2 Å². The molecule has 24 heavy (non-hydrogen) atoms. The summed E-state index contributed by atoms with van der Waals surface area (Å²) in [5, 5.41) is 2.73. The summed E-state index contributed by atoms with van der Waals surface area (Å²) >= 11 is 0. The van der Waals surface area contributed by atoms with Gasteiger partial charge in [-0.25, -0.2) is 14.4 Å². The number of aromatic nitrogens is 2. The fraction of sp³-hybridized carbons (Fsp3) is 0.167. The van der Waals surface area contributed by atoms with Gasteiger partial charge in [-0.1, -0.05) is 6.07 Å². The molecule has 1 N–H and O–H groups in total. The summed E-state index contributed by atoms with van der Waals surface area (Å²) in [4.78, 5) is 20.9. The van der Waals surface area contributed by atoms with Gasteiger partial charge in [-0.3, -0.25) is 4.79 Å². The van der Waals surface area contributed by atoms with Crippen molar-refractivity contribution in [2.45, 2.75) is 13.8 Å². The van der Waals surface area contributed by atoms with Crippen molar-refractivity contribution in [3.63, 3.8) is 0 Å². The van der Waals surface area contributed by atoms with Crippen LogP contribution in [0.25, 0.3) is 11.0 Å². The van der Waals surface area contributed by atoms with Gasteiger partial charge in [-0.15, -0.1) is 0 Å². The van der Waals surface area contributed by atoms with Gasteiger partial charge in [0.05, 0.1) is 22.4 Å². The molecule has 0 saturated heterocycles. The summed E-state index contributed by atoms with van der Waals surface area (Å²) < 4.78 is 18.3. The van der Waals surface area contributed by atoms with Gasteiger partial charge < -0.3 is 10.1 Å². The van der Waals surface area contributed by atoms with Gasteiger partial charge in [0.2, 0.25) is 0 Å². The van der Waals surface area contributed by atoms with E-state index in [0.29, 0.717) is 17.0 Å². The number of fused-ring (bicyclic) bond motifs is 1. The highest BCUT2D eigenvalue weighted by atomic mass is 19.1. The topological polar surface area (TPSA) is 64.1 Å². The molecule has 1 aromatic heterocycles. The van der Waals surface area contributed by atoms with E-state index in [0.717, 1.165) is 16.9 Å². The molecule has 0 bridgehead atoms. The number of anilines is 1. The SMILES string of the molecule is Cc1nc2ccc(NC(=O)COc3cccc(F)c3)cc2nc1C. The van der Waals surface area contributed by atoms with Crippen molar-refractivity contribution < 1.29 is 13.9 Å². The van der Waals surface area contributed by atoms with Crippen molar-refractivity contribution in [2.75, 3.05) is 11.9 Å². The van der Waals surface area contributed by atoms with E-state index in [9.17, 15) is 9.18 Å². The summed E-state index contributed by atoms with van der Waals surface area (Å²) in [7, 11) is 0. The van der Waals surface area contributed by atoms with E-state index >= 15 is 0 Å². The highest BCUT2D eigenvalue weighted by molar-refractivity contribution is 5.93. The molecule has 0 unspecified atom stereocenters. The minimum Gasteiger partial charge on any atom is -0.484 e. The quantitative estimate of drug-likeness (QED) is 0.798. The Kier molecular flexibility index (Phi) is 4.37. The Morgan fingerprint density at radius 3 is 2.58 bits per heavy atom. The number of benzene rings is 2. The van der Waals surface area contributed by atoms with Gasteiger partial charge >= 0.3 is 0 Å². The molecule has 3 aromatic rings. The zero-order valence-corrected chi connectivity index (χ0v) is 13.3. The second-order valence-electron chi connectivity index (χ2n) is 5.39. The average molecular weight is 325 g/mol. The monoisotopic (exact) mass is 325 g/mol. The van der Waals surface area contributed by atoms with E-state index in [1.807, 2.05) is 13.8 Å². The highest BCUT2D eigenvalue weighted by Crippen LogP contribution is 2.18. The maximum atomic E-state index is 13.1. The van der Waals surface area contributed by atoms with Crippen LogP contribution >= 0.6 is 0 Å². The molecule has 122 valence electrons. The zero-order chi connectivity index (χ0) is 17.1. The van der Waals surface area contributed by atoms with Crippen LogP contribution in [0.15, 0.2) is 42.5 Å². The lowest BCUT2D eigenvalue weighted by molar-refractivity contribution is -0.118. The molecular formula is C18H16FN3O2. The third-order valence-electron chi connectivity index (χ3n) is 3.53. The molecule has 6 heteroatoms. The van der Waals surface area contributed by atoms with Gasteiger partial charge in [-0.05, 0) is 44.2 Å². The molecule has 1 amide bonds. The van der Waals surface area contributed by atoms with Crippen LogP contribution in [0.3, 0.4) is 0 Å². The summed E-state index contributed by atoms with van der Waals surface area (Å²) in [6.07, 6.45) is 0. The predicted molar refractivity (Wildman–Crippen MR) is 89.5 cm³/mol. The number of nitrogens with zero attached hydrogens (tertiary/aromatic N) is 2. The van der Waals surface area contributed by atoms with Crippen LogP contribution in [0.1, 0.15) is 11.4 Å². The number of ether oxygens (including phenoxy) is 1. The first-order chi connectivity index (χ1) is 11.5. The minimum absolute atomic E-state index is 0.208. The van der Waals surface area contributed by atoms with Gasteiger partial charge in [0.25, 0.3) is 5.91 Å². The number of aryl methyl sites for hydroxylation is 2. The Morgan fingerprint density at radius 1 is 1.08 bits per heavy atom. The molecule has 3 rings (SSSR count). The first-order valence-electron chi connectivity index (χ1n) is 7.44. The number of nitrogens with one attached hydrogen (secondary N) is 1. The molecule has 1 heterocycles. The van der Waals surface area contributed by atoms with Crippen molar-refractivity contribution in [1.82, 2.24) is 9.97 Å². The second kappa shape index (κ2) is 6.62. The molecule has 5 nitrogen and oxygen atoms in total. The minimum atomic E-state index is -0.410. The second-order valence-corrected chi connectivity index (χ2v) is 5.39. The Balaban J connectivity index is 1.67. The molecule has 0 aliphatic carbocycles. The fourth-order valence-corrected chi connectivity index (χ4v) is 2.21. The molecule has 2 aromatic carbocycles. The van der Waals surface area contributed by atoms with Gasteiger partial charge in [0.15, 0.2) is 6.61 Å². The van der Waals surface area contributed by atoms with Crippen LogP contribution < -0.4 is 10.1 Å². The lowest BCUT2D eigenvalue weighted by Crippen LogP contribution is -2.20. The van der Waals surface area contributed by atoms with E-state index < -0.39 is 5.82 Å². The van der Waals surface area contributed by atoms with Gasteiger partial charge in [0.1, 0.15) is 11.6 Å². The maximum Gasteiger partial charge on any atom is 0.262 e. The Morgan fingerprint density at radius 2 is 1.83 bits per heavy atom. The zero-order valence-electron chi connectivity index (χ0n) is 13.3. The first kappa shape index (κ1) is 15.9. The molecule has 0 aliphatic heterocycles. The lowest BCUT2D eigenvalue weighted by Gasteiger charge is -2.09. The normalized spacial score (nSPS) is 10.6. The van der Waals surface area contributed by atoms with Crippen molar-refractivity contribution in [3.05, 3.63) is 59.7 Å². The average Bonchev–Trinajstić information content (AvgIpc) is 2.54. The predicted octanol–water partition coefficient (Wildman–Crippen LogP) is 3.40. The van der Waals surface area contributed by atoms with Crippen molar-refractivity contribution in [1.29, 1.82) is 0 Å². The van der Waals surface area contributed by atoms with Crippen LogP contribution in [-0.4, -0.2) is 22.5 Å². The summed E-state index contributed by atoms with van der Waals surface area (Å²) in [6.45, 7) is 3.58. The Bertz CT molecular complexity index is 912. The third-order valence-corrected chi connectivity index (χ3v) is 3.53. The van der Waals surface area contributed by atoms with Crippen LogP contribution in [0.5, 0.6) is 5.75 Å². The largest absolute Gasteiger partial charge is 0.484 e. The third kappa shape index (κ3) is 3.65. The van der Waals surface area contributed by atoms with Crippen LogP contribution in [0.4, 0.5) is 10.1 Å². The number of hydrogen-bond donors (Lipinski definition) is 1. The van der Waals surface area contributed by atoms with Crippen molar-refractivity contribution >= 4 is 22.6 Å². The molecule has 0 spiro atoms. The maximum absolute atomic E-state index is 13.1. The summed E-state index contributed by atoms with van der Waals surface area (Å²) in [6, 6.07) is 11.0. The van der Waals surface area contributed by atoms with E-state index in [-0.39, 0.29) is 12.5 Å². The number of carbonyl (C=O) groups excluding carboxylic acids is 1. The standard InChI is InChI=1S/C18H16FN3O2/c1-11-12(2)21-17-9-14(6-7-16(17)20-11)22-18(23)10-24-15-5-3-4-13(19)8-15/h3-9H,10H2,1-2H3,(H,22,23). The molecule has 0 radical (unpaired) electrons. The number of hydrogen-bond acceptors (Lipinski definition) is 4. The molecule has 0 fully saturated rings. The van der Waals surface area contributed by atoms with Crippen LogP contribution in [0, 0.1) is 19.7 Å². The fourth-order valence-electron chi connectivity index (χ4n) is 2.21. The summed E-state index contributed by atoms with van der Waals surface area (Å²) in [5.41, 5.74) is 3.81.